The molecule has 0 aliphatic rings. The lowest BCUT2D eigenvalue weighted by atomic mass is 9.92. The Labute approximate surface area is 136 Å². The number of hydrogen-bond donors (Lipinski definition) is 0. The minimum Gasteiger partial charge on any atom is -0.489 e. The largest absolute Gasteiger partial charge is 0.489 e. The molecule has 1 atom stereocenters. The molecule has 0 fully saturated rings. The maximum absolute atomic E-state index is 13.1. The van der Waals surface area contributed by atoms with Crippen LogP contribution in [0, 0.1) is 12.7 Å². The van der Waals surface area contributed by atoms with Gasteiger partial charge in [-0.1, -0.05) is 60.7 Å². The highest BCUT2D eigenvalue weighted by atomic mass is 19.1. The molecule has 0 bridgehead atoms. The summed E-state index contributed by atoms with van der Waals surface area (Å²) in [6.45, 7) is 4.73. The van der Waals surface area contributed by atoms with Crippen molar-refractivity contribution in [1.29, 1.82) is 0 Å². The van der Waals surface area contributed by atoms with Gasteiger partial charge in [-0.2, -0.15) is 0 Å². The van der Waals surface area contributed by atoms with Crippen molar-refractivity contribution in [3.05, 3.63) is 108 Å². The Morgan fingerprint density at radius 2 is 1.48 bits per heavy atom. The second-order valence-corrected chi connectivity index (χ2v) is 5.42. The highest BCUT2D eigenvalue weighted by molar-refractivity contribution is 5.43. The van der Waals surface area contributed by atoms with Gasteiger partial charge >= 0.3 is 0 Å². The quantitative estimate of drug-likeness (QED) is 0.615. The first kappa shape index (κ1) is 15.3. The first-order chi connectivity index (χ1) is 11.2. The Morgan fingerprint density at radius 3 is 2.22 bits per heavy atom. The van der Waals surface area contributed by atoms with Gasteiger partial charge in [0.15, 0.2) is 0 Å². The van der Waals surface area contributed by atoms with Crippen LogP contribution in [0.1, 0.15) is 22.6 Å². The molecular weight excluding hydrogens is 287 g/mol. The van der Waals surface area contributed by atoms with E-state index in [0.29, 0.717) is 6.61 Å². The van der Waals surface area contributed by atoms with Crippen LogP contribution in [-0.4, -0.2) is 0 Å². The number of halogens is 1. The molecule has 0 aliphatic heterocycles. The lowest BCUT2D eigenvalue weighted by Gasteiger charge is -2.17. The predicted molar refractivity (Wildman–Crippen MR) is 90.8 cm³/mol. The number of ether oxygens (including phenoxy) is 1. The first-order valence-electron chi connectivity index (χ1n) is 7.58. The van der Waals surface area contributed by atoms with Crippen LogP contribution in [0.3, 0.4) is 0 Å². The van der Waals surface area contributed by atoms with Gasteiger partial charge in [-0.05, 0) is 36.2 Å². The van der Waals surface area contributed by atoms with Gasteiger partial charge in [0, 0.05) is 11.5 Å². The summed E-state index contributed by atoms with van der Waals surface area (Å²) in [5.74, 6) is 0.456. The van der Waals surface area contributed by atoms with Crippen LogP contribution in [0.2, 0.25) is 0 Å². The lowest BCUT2D eigenvalue weighted by molar-refractivity contribution is 0.302. The Balaban J connectivity index is 1.81. The van der Waals surface area contributed by atoms with Gasteiger partial charge in [-0.25, -0.2) is 4.39 Å². The summed E-state index contributed by atoms with van der Waals surface area (Å²) < 4.78 is 19.1. The minimum atomic E-state index is -0.241. The number of para-hydroxylation sites is 1. The van der Waals surface area contributed by atoms with Gasteiger partial charge < -0.3 is 4.74 Å². The smallest absolute Gasteiger partial charge is 0.123 e. The summed E-state index contributed by atoms with van der Waals surface area (Å²) in [5, 5.41) is 0. The molecule has 0 aliphatic carbocycles. The van der Waals surface area contributed by atoms with Crippen molar-refractivity contribution in [3.63, 3.8) is 0 Å². The molecule has 115 valence electrons. The number of rotatable bonds is 5. The summed E-state index contributed by atoms with van der Waals surface area (Å²) >= 11 is 0. The first-order valence-corrected chi connectivity index (χ1v) is 7.58. The fourth-order valence-corrected chi connectivity index (χ4v) is 2.51. The van der Waals surface area contributed by atoms with Gasteiger partial charge in [-0.3, -0.25) is 0 Å². The zero-order valence-corrected chi connectivity index (χ0v) is 12.8. The van der Waals surface area contributed by atoms with E-state index in [9.17, 15) is 4.39 Å². The molecule has 2 heteroatoms. The average molecular weight is 305 g/mol. The highest BCUT2D eigenvalue weighted by Crippen LogP contribution is 2.31. The Hall–Kier alpha value is -2.61. The van der Waals surface area contributed by atoms with Gasteiger partial charge in [0.05, 0.1) is 0 Å². The Bertz CT molecular complexity index is 750. The SMILES string of the molecule is [CH2]C(c1ccc(F)cc1)c1ccccc1OCc1ccccc1. The highest BCUT2D eigenvalue weighted by Gasteiger charge is 2.13. The van der Waals surface area contributed by atoms with Crippen molar-refractivity contribution in [1.82, 2.24) is 0 Å². The van der Waals surface area contributed by atoms with E-state index >= 15 is 0 Å². The van der Waals surface area contributed by atoms with Crippen LogP contribution in [0.25, 0.3) is 0 Å². The van der Waals surface area contributed by atoms with Crippen LogP contribution in [0.5, 0.6) is 5.75 Å². The van der Waals surface area contributed by atoms with E-state index in [2.05, 4.69) is 6.92 Å². The van der Waals surface area contributed by atoms with Gasteiger partial charge in [0.2, 0.25) is 0 Å². The van der Waals surface area contributed by atoms with E-state index in [1.54, 1.807) is 12.1 Å². The monoisotopic (exact) mass is 305 g/mol. The van der Waals surface area contributed by atoms with E-state index in [1.165, 1.54) is 12.1 Å². The Morgan fingerprint density at radius 1 is 0.826 bits per heavy atom. The fourth-order valence-electron chi connectivity index (χ4n) is 2.51. The summed E-state index contributed by atoms with van der Waals surface area (Å²) in [4.78, 5) is 0. The topological polar surface area (TPSA) is 9.23 Å². The molecule has 23 heavy (non-hydrogen) atoms. The third kappa shape index (κ3) is 3.78. The average Bonchev–Trinajstić information content (AvgIpc) is 2.61. The van der Waals surface area contributed by atoms with Crippen LogP contribution in [-0.2, 0) is 6.61 Å². The van der Waals surface area contributed by atoms with Crippen LogP contribution >= 0.6 is 0 Å². The van der Waals surface area contributed by atoms with Crippen molar-refractivity contribution in [2.75, 3.05) is 0 Å². The molecule has 1 nitrogen and oxygen atoms in total. The molecule has 0 amide bonds. The number of benzene rings is 3. The van der Waals surface area contributed by atoms with Crippen LogP contribution in [0.15, 0.2) is 78.9 Å². The van der Waals surface area contributed by atoms with Crippen molar-refractivity contribution in [2.45, 2.75) is 12.5 Å². The molecule has 3 aromatic rings. The molecule has 3 rings (SSSR count). The van der Waals surface area contributed by atoms with Gasteiger partial charge in [0.1, 0.15) is 18.2 Å². The molecule has 0 spiro atoms. The van der Waals surface area contributed by atoms with E-state index in [4.69, 9.17) is 4.74 Å². The summed E-state index contributed by atoms with van der Waals surface area (Å²) in [6.07, 6.45) is 0. The molecule has 1 unspecified atom stereocenters. The summed E-state index contributed by atoms with van der Waals surface area (Å²) in [5.41, 5.74) is 3.07. The molecule has 0 saturated heterocycles. The van der Waals surface area contributed by atoms with Crippen molar-refractivity contribution in [3.8, 4) is 5.75 Å². The second kappa shape index (κ2) is 7.10. The van der Waals surface area contributed by atoms with Crippen molar-refractivity contribution >= 4 is 0 Å². The summed E-state index contributed by atoms with van der Waals surface area (Å²) in [7, 11) is 0. The standard InChI is InChI=1S/C21H18FO/c1-16(18-11-13-19(22)14-12-18)20-9-5-6-10-21(20)23-15-17-7-3-2-4-8-17/h2-14,16H,1,15H2. The third-order valence-electron chi connectivity index (χ3n) is 3.80. The van der Waals surface area contributed by atoms with E-state index in [-0.39, 0.29) is 11.7 Å². The molecule has 3 aromatic carbocycles. The second-order valence-electron chi connectivity index (χ2n) is 5.42. The summed E-state index contributed by atoms with van der Waals surface area (Å²) in [6, 6.07) is 24.3. The zero-order valence-electron chi connectivity index (χ0n) is 12.8. The maximum atomic E-state index is 13.1. The van der Waals surface area contributed by atoms with E-state index in [1.807, 2.05) is 54.6 Å². The number of hydrogen-bond acceptors (Lipinski definition) is 1. The normalized spacial score (nSPS) is 11.9. The van der Waals surface area contributed by atoms with Gasteiger partial charge in [0.25, 0.3) is 0 Å². The van der Waals surface area contributed by atoms with Crippen molar-refractivity contribution < 1.29 is 9.13 Å². The van der Waals surface area contributed by atoms with Crippen LogP contribution in [0.4, 0.5) is 4.39 Å². The van der Waals surface area contributed by atoms with Crippen molar-refractivity contribution in [2.24, 2.45) is 0 Å². The van der Waals surface area contributed by atoms with E-state index < -0.39 is 0 Å². The fraction of sp³-hybridized carbons (Fsp3) is 0.0952. The van der Waals surface area contributed by atoms with Gasteiger partial charge in [-0.15, -0.1) is 0 Å². The molecule has 0 heterocycles. The molecule has 0 aromatic heterocycles. The minimum absolute atomic E-state index is 0.109. The van der Waals surface area contributed by atoms with E-state index in [0.717, 1.165) is 22.4 Å². The maximum Gasteiger partial charge on any atom is 0.123 e. The zero-order chi connectivity index (χ0) is 16.1. The third-order valence-corrected chi connectivity index (χ3v) is 3.80. The molecule has 0 N–H and O–H groups in total. The Kier molecular flexibility index (Phi) is 4.72. The lowest BCUT2D eigenvalue weighted by Crippen LogP contribution is -2.02. The molecular formula is C21H18FO. The predicted octanol–water partition coefficient (Wildman–Crippen LogP) is 5.37. The molecule has 1 radical (unpaired) electrons. The van der Waals surface area contributed by atoms with Crippen LogP contribution < -0.4 is 4.74 Å². The molecule has 0 saturated carbocycles.